The van der Waals surface area contributed by atoms with Gasteiger partial charge in [-0.3, -0.25) is 0 Å². The van der Waals surface area contributed by atoms with E-state index in [9.17, 15) is 4.39 Å². The Morgan fingerprint density at radius 3 is 2.53 bits per heavy atom. The molecule has 88 valence electrons. The number of hydrogen-bond donors (Lipinski definition) is 0. The molecule has 17 heavy (non-hydrogen) atoms. The summed E-state index contributed by atoms with van der Waals surface area (Å²) in [5.41, 5.74) is 2.27. The zero-order chi connectivity index (χ0) is 12.4. The summed E-state index contributed by atoms with van der Waals surface area (Å²) in [7, 11) is 0. The molecule has 0 atom stereocenters. The van der Waals surface area contributed by atoms with Gasteiger partial charge in [0, 0.05) is 17.7 Å². The van der Waals surface area contributed by atoms with Gasteiger partial charge in [0.05, 0.1) is 0 Å². The van der Waals surface area contributed by atoms with Crippen LogP contribution in [-0.4, -0.2) is 9.97 Å². The van der Waals surface area contributed by atoms with Crippen LogP contribution in [0.25, 0.3) is 0 Å². The molecule has 0 bridgehead atoms. The van der Waals surface area contributed by atoms with E-state index in [1.807, 2.05) is 13.8 Å². The Labute approximate surface area is 104 Å². The first-order valence-electron chi connectivity index (χ1n) is 5.31. The molecule has 0 aliphatic carbocycles. The number of aromatic nitrogens is 2. The van der Waals surface area contributed by atoms with Gasteiger partial charge in [0.15, 0.2) is 0 Å². The Kier molecular flexibility index (Phi) is 3.38. The fraction of sp³-hybridized carbons (Fsp3) is 0.231. The Morgan fingerprint density at radius 1 is 1.18 bits per heavy atom. The lowest BCUT2D eigenvalue weighted by atomic mass is 10.1. The average Bonchev–Trinajstić information content (AvgIpc) is 2.29. The predicted molar refractivity (Wildman–Crippen MR) is 65.7 cm³/mol. The molecule has 0 saturated heterocycles. The highest BCUT2D eigenvalue weighted by Gasteiger charge is 2.08. The van der Waals surface area contributed by atoms with Gasteiger partial charge in [-0.05, 0) is 25.5 Å². The third kappa shape index (κ3) is 2.61. The Hall–Kier alpha value is -1.48. The van der Waals surface area contributed by atoms with E-state index in [2.05, 4.69) is 9.97 Å². The van der Waals surface area contributed by atoms with Crippen LogP contribution in [0.15, 0.2) is 24.3 Å². The Balaban J connectivity index is 2.34. The van der Waals surface area contributed by atoms with Gasteiger partial charge in [-0.1, -0.05) is 29.8 Å². The van der Waals surface area contributed by atoms with Crippen molar-refractivity contribution in [2.75, 3.05) is 0 Å². The summed E-state index contributed by atoms with van der Waals surface area (Å²) >= 11 is 5.98. The van der Waals surface area contributed by atoms with Gasteiger partial charge in [0.2, 0.25) is 0 Å². The smallest absolute Gasteiger partial charge is 0.135 e. The summed E-state index contributed by atoms with van der Waals surface area (Å²) < 4.78 is 13.5. The van der Waals surface area contributed by atoms with E-state index >= 15 is 0 Å². The SMILES string of the molecule is Cc1nc(Cc2ccccc2F)nc(Cl)c1C. The molecule has 2 rings (SSSR count). The first-order valence-corrected chi connectivity index (χ1v) is 5.68. The van der Waals surface area contributed by atoms with Crippen LogP contribution in [0.1, 0.15) is 22.6 Å². The topological polar surface area (TPSA) is 25.8 Å². The second-order valence-corrected chi connectivity index (χ2v) is 4.27. The molecular weight excluding hydrogens is 239 g/mol. The fourth-order valence-electron chi connectivity index (χ4n) is 1.54. The van der Waals surface area contributed by atoms with E-state index in [1.165, 1.54) is 6.07 Å². The lowest BCUT2D eigenvalue weighted by Gasteiger charge is -2.06. The zero-order valence-corrected chi connectivity index (χ0v) is 10.4. The summed E-state index contributed by atoms with van der Waals surface area (Å²) in [5.74, 6) is 0.300. The summed E-state index contributed by atoms with van der Waals surface area (Å²) in [6.45, 7) is 3.73. The molecule has 0 saturated carbocycles. The summed E-state index contributed by atoms with van der Waals surface area (Å²) in [4.78, 5) is 8.47. The van der Waals surface area contributed by atoms with Gasteiger partial charge < -0.3 is 0 Å². The van der Waals surface area contributed by atoms with Crippen LogP contribution in [-0.2, 0) is 6.42 Å². The summed E-state index contributed by atoms with van der Waals surface area (Å²) in [5, 5.41) is 0.434. The normalized spacial score (nSPS) is 10.6. The lowest BCUT2D eigenvalue weighted by molar-refractivity contribution is 0.612. The molecule has 2 nitrogen and oxygen atoms in total. The van der Waals surface area contributed by atoms with Gasteiger partial charge in [-0.25, -0.2) is 14.4 Å². The lowest BCUT2D eigenvalue weighted by Crippen LogP contribution is -2.02. The standard InChI is InChI=1S/C13H12ClFN2/c1-8-9(2)16-12(17-13(8)14)7-10-5-3-4-6-11(10)15/h3-6H,7H2,1-2H3. The van der Waals surface area contributed by atoms with Crippen LogP contribution in [0.3, 0.4) is 0 Å². The Morgan fingerprint density at radius 2 is 1.88 bits per heavy atom. The molecule has 1 heterocycles. The minimum absolute atomic E-state index is 0.245. The number of nitrogens with zero attached hydrogens (tertiary/aromatic N) is 2. The third-order valence-electron chi connectivity index (χ3n) is 2.68. The minimum atomic E-state index is -0.245. The number of benzene rings is 1. The second-order valence-electron chi connectivity index (χ2n) is 3.91. The molecule has 4 heteroatoms. The van der Waals surface area contributed by atoms with Crippen LogP contribution < -0.4 is 0 Å². The molecule has 0 fully saturated rings. The van der Waals surface area contributed by atoms with E-state index < -0.39 is 0 Å². The molecule has 1 aromatic heterocycles. The van der Waals surface area contributed by atoms with E-state index in [1.54, 1.807) is 18.2 Å². The van der Waals surface area contributed by atoms with E-state index in [0.717, 1.165) is 11.3 Å². The highest BCUT2D eigenvalue weighted by molar-refractivity contribution is 6.30. The third-order valence-corrected chi connectivity index (χ3v) is 3.05. The van der Waals surface area contributed by atoms with Crippen LogP contribution >= 0.6 is 11.6 Å². The highest BCUT2D eigenvalue weighted by Crippen LogP contribution is 2.17. The second kappa shape index (κ2) is 4.80. The van der Waals surface area contributed by atoms with Crippen molar-refractivity contribution in [2.24, 2.45) is 0 Å². The molecular formula is C13H12ClFN2. The predicted octanol–water partition coefficient (Wildman–Crippen LogP) is 3.48. The van der Waals surface area contributed by atoms with Crippen LogP contribution in [0.5, 0.6) is 0 Å². The molecule has 0 amide bonds. The van der Waals surface area contributed by atoms with Crippen molar-refractivity contribution in [3.63, 3.8) is 0 Å². The maximum Gasteiger partial charge on any atom is 0.135 e. The molecule has 1 aromatic carbocycles. The monoisotopic (exact) mass is 250 g/mol. The molecule has 0 unspecified atom stereocenters. The number of halogens is 2. The van der Waals surface area contributed by atoms with Crippen molar-refractivity contribution < 1.29 is 4.39 Å². The minimum Gasteiger partial charge on any atom is -0.238 e. The zero-order valence-electron chi connectivity index (χ0n) is 9.67. The van der Waals surface area contributed by atoms with Gasteiger partial charge in [0.1, 0.15) is 16.8 Å². The molecule has 0 spiro atoms. The maximum absolute atomic E-state index is 13.5. The van der Waals surface area contributed by atoms with Crippen molar-refractivity contribution >= 4 is 11.6 Å². The highest BCUT2D eigenvalue weighted by atomic mass is 35.5. The Bertz CT molecular complexity index is 532. The van der Waals surface area contributed by atoms with Gasteiger partial charge in [-0.2, -0.15) is 0 Å². The fourth-order valence-corrected chi connectivity index (χ4v) is 1.77. The summed E-state index contributed by atoms with van der Waals surface area (Å²) in [6.07, 6.45) is 0.355. The van der Waals surface area contributed by atoms with Crippen molar-refractivity contribution in [1.82, 2.24) is 9.97 Å². The first kappa shape index (κ1) is 12.0. The van der Waals surface area contributed by atoms with Crippen molar-refractivity contribution in [3.05, 3.63) is 57.9 Å². The number of rotatable bonds is 2. The van der Waals surface area contributed by atoms with Crippen molar-refractivity contribution in [2.45, 2.75) is 20.3 Å². The molecule has 0 aliphatic heterocycles. The van der Waals surface area contributed by atoms with Crippen LogP contribution in [0.4, 0.5) is 4.39 Å². The molecule has 2 aromatic rings. The van der Waals surface area contributed by atoms with Crippen LogP contribution in [0, 0.1) is 19.7 Å². The average molecular weight is 251 g/mol. The van der Waals surface area contributed by atoms with Gasteiger partial charge in [-0.15, -0.1) is 0 Å². The van der Waals surface area contributed by atoms with Crippen LogP contribution in [0.2, 0.25) is 5.15 Å². The molecule has 0 radical (unpaired) electrons. The molecule has 0 N–H and O–H groups in total. The van der Waals surface area contributed by atoms with E-state index in [4.69, 9.17) is 11.6 Å². The summed E-state index contributed by atoms with van der Waals surface area (Å²) in [6, 6.07) is 6.61. The largest absolute Gasteiger partial charge is 0.238 e. The number of hydrogen-bond acceptors (Lipinski definition) is 2. The van der Waals surface area contributed by atoms with Crippen molar-refractivity contribution in [3.8, 4) is 0 Å². The quantitative estimate of drug-likeness (QED) is 0.763. The van der Waals surface area contributed by atoms with E-state index in [0.29, 0.717) is 23.0 Å². The van der Waals surface area contributed by atoms with Gasteiger partial charge >= 0.3 is 0 Å². The molecule has 0 aliphatic rings. The van der Waals surface area contributed by atoms with Gasteiger partial charge in [0.25, 0.3) is 0 Å². The first-order chi connectivity index (χ1) is 8.08. The maximum atomic E-state index is 13.5. The van der Waals surface area contributed by atoms with E-state index in [-0.39, 0.29) is 5.82 Å². The van der Waals surface area contributed by atoms with Crippen molar-refractivity contribution in [1.29, 1.82) is 0 Å². The number of aryl methyl sites for hydroxylation is 1.